The van der Waals surface area contributed by atoms with Gasteiger partial charge < -0.3 is 4.74 Å². The van der Waals surface area contributed by atoms with E-state index in [0.29, 0.717) is 10.9 Å². The van der Waals surface area contributed by atoms with E-state index in [1.165, 1.54) is 18.4 Å². The van der Waals surface area contributed by atoms with Crippen molar-refractivity contribution in [3.8, 4) is 11.4 Å². The van der Waals surface area contributed by atoms with Crippen molar-refractivity contribution in [3.05, 3.63) is 53.8 Å². The number of carbonyl (C=O) groups is 1. The lowest BCUT2D eigenvalue weighted by Gasteiger charge is -2.00. The fraction of sp³-hybridized carbons (Fsp3) is 0.0714. The van der Waals surface area contributed by atoms with Gasteiger partial charge in [0.05, 0.1) is 19.0 Å². The van der Waals surface area contributed by atoms with Crippen LogP contribution in [0.1, 0.15) is 10.5 Å². The molecule has 0 aliphatic rings. The molecule has 0 radical (unpaired) electrons. The van der Waals surface area contributed by atoms with E-state index in [-0.39, 0.29) is 11.6 Å². The third-order valence-corrected chi connectivity index (χ3v) is 3.48. The SMILES string of the molecule is COc1cn(-c2ccccc2)nc1C(=O)Nc1nccs1. The predicted octanol–water partition coefficient (Wildman–Crippen LogP) is 2.59. The molecule has 1 N–H and O–H groups in total. The van der Waals surface area contributed by atoms with Crippen LogP contribution in [0, 0.1) is 0 Å². The second-order valence-electron chi connectivity index (χ2n) is 4.12. The van der Waals surface area contributed by atoms with Gasteiger partial charge in [-0.2, -0.15) is 5.10 Å². The number of para-hydroxylation sites is 1. The Morgan fingerprint density at radius 1 is 1.33 bits per heavy atom. The minimum atomic E-state index is -0.350. The fourth-order valence-electron chi connectivity index (χ4n) is 1.82. The molecule has 0 aliphatic carbocycles. The van der Waals surface area contributed by atoms with Gasteiger partial charge in [0.1, 0.15) is 0 Å². The molecule has 1 amide bonds. The highest BCUT2D eigenvalue weighted by Gasteiger charge is 2.19. The van der Waals surface area contributed by atoms with Crippen molar-refractivity contribution in [2.24, 2.45) is 0 Å². The molecule has 0 saturated heterocycles. The first kappa shape index (κ1) is 13.3. The molecule has 3 rings (SSSR count). The molecule has 0 atom stereocenters. The van der Waals surface area contributed by atoms with Crippen molar-refractivity contribution in [3.63, 3.8) is 0 Å². The summed E-state index contributed by atoms with van der Waals surface area (Å²) < 4.78 is 6.83. The average molecular weight is 300 g/mol. The van der Waals surface area contributed by atoms with Crippen molar-refractivity contribution in [1.82, 2.24) is 14.8 Å². The Labute approximate surface area is 125 Å². The van der Waals surface area contributed by atoms with E-state index in [9.17, 15) is 4.79 Å². The van der Waals surface area contributed by atoms with Gasteiger partial charge in [-0.05, 0) is 12.1 Å². The Balaban J connectivity index is 1.91. The van der Waals surface area contributed by atoms with E-state index in [0.717, 1.165) is 5.69 Å². The summed E-state index contributed by atoms with van der Waals surface area (Å²) >= 11 is 1.34. The maximum Gasteiger partial charge on any atom is 0.281 e. The molecule has 7 heteroatoms. The number of nitrogens with zero attached hydrogens (tertiary/aromatic N) is 3. The van der Waals surface area contributed by atoms with E-state index in [4.69, 9.17) is 4.74 Å². The van der Waals surface area contributed by atoms with Crippen molar-refractivity contribution in [2.75, 3.05) is 12.4 Å². The summed E-state index contributed by atoms with van der Waals surface area (Å²) in [4.78, 5) is 16.2. The lowest BCUT2D eigenvalue weighted by molar-refractivity contribution is 0.101. The topological polar surface area (TPSA) is 69.0 Å². The summed E-state index contributed by atoms with van der Waals surface area (Å²) in [6.07, 6.45) is 3.30. The Hall–Kier alpha value is -2.67. The molecule has 106 valence electrons. The van der Waals surface area contributed by atoms with Crippen molar-refractivity contribution < 1.29 is 9.53 Å². The van der Waals surface area contributed by atoms with Gasteiger partial charge in [-0.15, -0.1) is 11.3 Å². The number of benzene rings is 1. The fourth-order valence-corrected chi connectivity index (χ4v) is 2.34. The molecule has 0 fully saturated rings. The number of methoxy groups -OCH3 is 1. The molecule has 0 spiro atoms. The van der Waals surface area contributed by atoms with E-state index in [1.54, 1.807) is 22.5 Å². The van der Waals surface area contributed by atoms with Crippen LogP contribution in [0.4, 0.5) is 5.13 Å². The van der Waals surface area contributed by atoms with Gasteiger partial charge in [-0.25, -0.2) is 9.67 Å². The van der Waals surface area contributed by atoms with Crippen LogP contribution in [-0.2, 0) is 0 Å². The van der Waals surface area contributed by atoms with Gasteiger partial charge >= 0.3 is 0 Å². The lowest BCUT2D eigenvalue weighted by Crippen LogP contribution is -2.13. The largest absolute Gasteiger partial charge is 0.493 e. The van der Waals surface area contributed by atoms with Gasteiger partial charge in [0.15, 0.2) is 16.6 Å². The smallest absolute Gasteiger partial charge is 0.281 e. The number of rotatable bonds is 4. The summed E-state index contributed by atoms with van der Waals surface area (Å²) in [5.74, 6) is 0.0596. The summed E-state index contributed by atoms with van der Waals surface area (Å²) in [7, 11) is 1.51. The number of nitrogens with one attached hydrogen (secondary N) is 1. The molecule has 0 unspecified atom stereocenters. The van der Waals surface area contributed by atoms with Gasteiger partial charge in [-0.1, -0.05) is 18.2 Å². The van der Waals surface area contributed by atoms with Crippen LogP contribution >= 0.6 is 11.3 Å². The number of amides is 1. The minimum Gasteiger partial charge on any atom is -0.493 e. The Bertz CT molecular complexity index is 738. The minimum absolute atomic E-state index is 0.219. The summed E-state index contributed by atoms with van der Waals surface area (Å²) in [5.41, 5.74) is 1.07. The first-order valence-corrected chi connectivity index (χ1v) is 7.06. The zero-order chi connectivity index (χ0) is 14.7. The normalized spacial score (nSPS) is 10.3. The standard InChI is InChI=1S/C14H12N4O2S/c1-20-11-9-18(10-5-3-2-4-6-10)17-12(11)13(19)16-14-15-7-8-21-14/h2-9H,1H3,(H,15,16,19). The highest BCUT2D eigenvalue weighted by atomic mass is 32.1. The molecule has 21 heavy (non-hydrogen) atoms. The third kappa shape index (κ3) is 2.77. The number of thiazole rings is 1. The molecule has 2 heterocycles. The second-order valence-corrected chi connectivity index (χ2v) is 5.01. The summed E-state index contributed by atoms with van der Waals surface area (Å²) in [6.45, 7) is 0. The van der Waals surface area contributed by atoms with Crippen LogP contribution in [-0.4, -0.2) is 27.8 Å². The van der Waals surface area contributed by atoms with E-state index in [1.807, 2.05) is 30.3 Å². The molecule has 6 nitrogen and oxygen atoms in total. The molecule has 2 aromatic heterocycles. The van der Waals surface area contributed by atoms with Crippen LogP contribution in [0.25, 0.3) is 5.69 Å². The number of hydrogen-bond acceptors (Lipinski definition) is 5. The third-order valence-electron chi connectivity index (χ3n) is 2.79. The maximum atomic E-state index is 12.2. The zero-order valence-corrected chi connectivity index (χ0v) is 12.0. The Kier molecular flexibility index (Phi) is 3.65. The summed E-state index contributed by atoms with van der Waals surface area (Å²) in [6, 6.07) is 9.52. The van der Waals surface area contributed by atoms with Gasteiger partial charge in [0.25, 0.3) is 5.91 Å². The van der Waals surface area contributed by atoms with Crippen LogP contribution in [0.2, 0.25) is 0 Å². The number of hydrogen-bond donors (Lipinski definition) is 1. The molecule has 1 aromatic carbocycles. The van der Waals surface area contributed by atoms with Crippen molar-refractivity contribution in [2.45, 2.75) is 0 Å². The molecule has 0 aliphatic heterocycles. The highest BCUT2D eigenvalue weighted by Crippen LogP contribution is 2.21. The number of carbonyl (C=O) groups excluding carboxylic acids is 1. The van der Waals surface area contributed by atoms with Crippen LogP contribution in [0.3, 0.4) is 0 Å². The number of ether oxygens (including phenoxy) is 1. The van der Waals surface area contributed by atoms with E-state index >= 15 is 0 Å². The first-order valence-electron chi connectivity index (χ1n) is 6.18. The van der Waals surface area contributed by atoms with Crippen molar-refractivity contribution >= 4 is 22.4 Å². The number of aromatic nitrogens is 3. The molecular weight excluding hydrogens is 288 g/mol. The molecular formula is C14H12N4O2S. The van der Waals surface area contributed by atoms with E-state index in [2.05, 4.69) is 15.4 Å². The summed E-state index contributed by atoms with van der Waals surface area (Å²) in [5, 5.41) is 9.29. The maximum absolute atomic E-state index is 12.2. The van der Waals surface area contributed by atoms with Crippen molar-refractivity contribution in [1.29, 1.82) is 0 Å². The van der Waals surface area contributed by atoms with E-state index < -0.39 is 0 Å². The average Bonchev–Trinajstić information content (AvgIpc) is 3.17. The highest BCUT2D eigenvalue weighted by molar-refractivity contribution is 7.13. The quantitative estimate of drug-likeness (QED) is 0.804. The second kappa shape index (κ2) is 5.76. The Morgan fingerprint density at radius 3 is 2.81 bits per heavy atom. The predicted molar refractivity (Wildman–Crippen MR) is 80.2 cm³/mol. The zero-order valence-electron chi connectivity index (χ0n) is 11.2. The van der Waals surface area contributed by atoms with Gasteiger partial charge in [-0.3, -0.25) is 10.1 Å². The molecule has 0 saturated carbocycles. The van der Waals surface area contributed by atoms with Gasteiger partial charge in [0.2, 0.25) is 0 Å². The van der Waals surface area contributed by atoms with Crippen LogP contribution in [0.15, 0.2) is 48.1 Å². The van der Waals surface area contributed by atoms with Crippen LogP contribution in [0.5, 0.6) is 5.75 Å². The lowest BCUT2D eigenvalue weighted by atomic mass is 10.3. The monoisotopic (exact) mass is 300 g/mol. The first-order chi connectivity index (χ1) is 10.3. The molecule has 3 aromatic rings. The van der Waals surface area contributed by atoms with Crippen LogP contribution < -0.4 is 10.1 Å². The number of anilines is 1. The Morgan fingerprint density at radius 2 is 2.14 bits per heavy atom. The van der Waals surface area contributed by atoms with Gasteiger partial charge in [0, 0.05) is 11.6 Å². The molecule has 0 bridgehead atoms.